The van der Waals surface area contributed by atoms with Crippen molar-refractivity contribution in [3.05, 3.63) is 11.6 Å². The summed E-state index contributed by atoms with van der Waals surface area (Å²) < 4.78 is 34.8. The minimum atomic E-state index is -0.646. The van der Waals surface area contributed by atoms with Gasteiger partial charge in [0.1, 0.15) is 23.4 Å². The molecule has 0 aromatic heterocycles. The molecule has 246 valence electrons. The molecule has 4 unspecified atom stereocenters. The number of methoxy groups -OCH3 is 1. The van der Waals surface area contributed by atoms with Crippen molar-refractivity contribution in [2.24, 2.45) is 17.6 Å². The van der Waals surface area contributed by atoms with Crippen LogP contribution in [0.1, 0.15) is 53.9 Å². The van der Waals surface area contributed by atoms with Crippen molar-refractivity contribution < 1.29 is 42.8 Å². The lowest BCUT2D eigenvalue weighted by Gasteiger charge is -2.42. The fourth-order valence-electron chi connectivity index (χ4n) is 5.71. The summed E-state index contributed by atoms with van der Waals surface area (Å²) in [4.78, 5) is 36.2. The molecule has 0 bridgehead atoms. The van der Waals surface area contributed by atoms with Gasteiger partial charge in [0, 0.05) is 20.2 Å². The zero-order valence-electron chi connectivity index (χ0n) is 26.6. The first-order chi connectivity index (χ1) is 20.4. The van der Waals surface area contributed by atoms with E-state index in [4.69, 9.17) is 34.2 Å². The van der Waals surface area contributed by atoms with Crippen LogP contribution in [0.3, 0.4) is 0 Å². The van der Waals surface area contributed by atoms with Crippen LogP contribution >= 0.6 is 0 Å². The number of alkyl carbamates (subject to hydrolysis) is 1. The van der Waals surface area contributed by atoms with E-state index in [2.05, 4.69) is 42.8 Å². The van der Waals surface area contributed by atoms with Gasteiger partial charge in [0.15, 0.2) is 0 Å². The van der Waals surface area contributed by atoms with Gasteiger partial charge in [-0.25, -0.2) is 4.79 Å². The minimum Gasteiger partial charge on any atom is -0.443 e. The lowest BCUT2D eigenvalue weighted by molar-refractivity contribution is -0.127. The molecule has 3 fully saturated rings. The van der Waals surface area contributed by atoms with E-state index in [1.54, 1.807) is 7.11 Å². The van der Waals surface area contributed by atoms with Gasteiger partial charge in [-0.3, -0.25) is 9.59 Å². The van der Waals surface area contributed by atoms with E-state index in [1.165, 1.54) is 5.57 Å². The third-order valence-corrected chi connectivity index (χ3v) is 8.40. The van der Waals surface area contributed by atoms with Crippen molar-refractivity contribution in [2.75, 3.05) is 59.8 Å². The smallest absolute Gasteiger partial charge is 0.407 e. The summed E-state index contributed by atoms with van der Waals surface area (Å²) in [5.74, 6) is -0.711. The number of nitrogens with two attached hydrogens (primary N) is 1. The molecule has 3 amide bonds. The van der Waals surface area contributed by atoms with Crippen molar-refractivity contribution in [1.82, 2.24) is 16.0 Å². The van der Waals surface area contributed by atoms with Crippen LogP contribution in [-0.4, -0.2) is 113 Å². The lowest BCUT2D eigenvalue weighted by Crippen LogP contribution is -2.56. The van der Waals surface area contributed by atoms with Crippen LogP contribution in [0, 0.1) is 11.8 Å². The highest BCUT2D eigenvalue weighted by Gasteiger charge is 2.72. The van der Waals surface area contributed by atoms with E-state index in [9.17, 15) is 14.4 Å². The molecule has 43 heavy (non-hydrogen) atoms. The molecule has 1 aliphatic carbocycles. The molecular weight excluding hydrogens is 560 g/mol. The Balaban J connectivity index is 1.25. The maximum Gasteiger partial charge on any atom is 0.407 e. The van der Waals surface area contributed by atoms with Crippen molar-refractivity contribution in [2.45, 2.75) is 89.4 Å². The van der Waals surface area contributed by atoms with Gasteiger partial charge in [-0.2, -0.15) is 0 Å². The molecule has 2 aliphatic heterocycles. The summed E-state index contributed by atoms with van der Waals surface area (Å²) in [7, 11) is 1.65. The summed E-state index contributed by atoms with van der Waals surface area (Å²) >= 11 is 0. The summed E-state index contributed by atoms with van der Waals surface area (Å²) in [6.45, 7) is 12.3. The maximum absolute atomic E-state index is 12.6. The lowest BCUT2D eigenvalue weighted by atomic mass is 9.68. The van der Waals surface area contributed by atoms with Gasteiger partial charge in [0.05, 0.1) is 57.6 Å². The Morgan fingerprint density at radius 1 is 1.05 bits per heavy atom. The van der Waals surface area contributed by atoms with E-state index in [1.807, 2.05) is 13.8 Å². The van der Waals surface area contributed by atoms with E-state index in [0.717, 1.165) is 12.8 Å². The molecule has 1 saturated carbocycles. The number of rotatable bonds is 18. The summed E-state index contributed by atoms with van der Waals surface area (Å²) in [6, 6.07) is -0.646. The van der Waals surface area contributed by atoms with Crippen LogP contribution in [0.5, 0.6) is 0 Å². The Morgan fingerprint density at radius 2 is 1.70 bits per heavy atom. The fraction of sp³-hybridized carbons (Fsp3) is 0.833. The van der Waals surface area contributed by atoms with Crippen molar-refractivity contribution in [1.29, 1.82) is 0 Å². The maximum atomic E-state index is 12.6. The zero-order chi connectivity index (χ0) is 31.6. The number of epoxide rings is 2. The predicted molar refractivity (Wildman–Crippen MR) is 158 cm³/mol. The Bertz CT molecular complexity index is 969. The molecule has 2 saturated heterocycles. The molecular formula is C30H52N4O9. The standard InChI is InChI=1S/C30H52N4O9/c1-19(2)7-8-22-29(5,43-22)26-25(38-6)21(9-10-30(26)18-41-30)42-28(37)33-12-14-40-16-15-39-13-11-32-23(35)17-34-27(36)24(31)20(3)4/h7,20-22,24-26H,8-18,31H2,1-6H3,(H,32,35)(H,33,37)(H,34,36)/t21?,22-,24+,25?,26?,29?,30+/m1/s1. The van der Waals surface area contributed by atoms with E-state index >= 15 is 0 Å². The number of carbonyl (C=O) groups excluding carboxylic acids is 3. The second kappa shape index (κ2) is 16.1. The fourth-order valence-corrected chi connectivity index (χ4v) is 5.71. The van der Waals surface area contributed by atoms with Crippen LogP contribution in [0.2, 0.25) is 0 Å². The number of hydrogen-bond acceptors (Lipinski definition) is 10. The van der Waals surface area contributed by atoms with E-state index < -0.39 is 18.2 Å². The topological polar surface area (TPSA) is 175 Å². The van der Waals surface area contributed by atoms with E-state index in [0.29, 0.717) is 46.0 Å². The Kier molecular flexibility index (Phi) is 13.2. The number of amides is 3. The number of nitrogens with one attached hydrogen (secondary N) is 3. The number of hydrogen-bond donors (Lipinski definition) is 4. The summed E-state index contributed by atoms with van der Waals surface area (Å²) in [5, 5.41) is 7.91. The number of ether oxygens (including phenoxy) is 6. The minimum absolute atomic E-state index is 0.00915. The average Bonchev–Trinajstić information content (AvgIpc) is 3.88. The first-order valence-electron chi connectivity index (χ1n) is 15.3. The molecule has 0 radical (unpaired) electrons. The highest BCUT2D eigenvalue weighted by Crippen LogP contribution is 2.59. The molecule has 3 rings (SSSR count). The van der Waals surface area contributed by atoms with Crippen molar-refractivity contribution in [3.63, 3.8) is 0 Å². The van der Waals surface area contributed by atoms with Gasteiger partial charge < -0.3 is 50.1 Å². The molecule has 0 aromatic carbocycles. The third kappa shape index (κ3) is 10.1. The molecule has 7 atom stereocenters. The van der Waals surface area contributed by atoms with Crippen LogP contribution in [0.15, 0.2) is 11.6 Å². The molecule has 3 aliphatic rings. The third-order valence-electron chi connectivity index (χ3n) is 8.40. The largest absolute Gasteiger partial charge is 0.443 e. The Morgan fingerprint density at radius 3 is 2.28 bits per heavy atom. The zero-order valence-corrected chi connectivity index (χ0v) is 26.6. The van der Waals surface area contributed by atoms with Gasteiger partial charge in [0.25, 0.3) is 0 Å². The molecule has 5 N–H and O–H groups in total. The highest BCUT2D eigenvalue weighted by atomic mass is 16.6. The van der Waals surface area contributed by atoms with Crippen LogP contribution < -0.4 is 21.7 Å². The van der Waals surface area contributed by atoms with Gasteiger partial charge in [-0.15, -0.1) is 0 Å². The van der Waals surface area contributed by atoms with Crippen LogP contribution in [0.25, 0.3) is 0 Å². The van der Waals surface area contributed by atoms with E-state index in [-0.39, 0.29) is 60.1 Å². The molecule has 13 nitrogen and oxygen atoms in total. The monoisotopic (exact) mass is 612 g/mol. The molecule has 1 spiro atoms. The molecule has 2 heterocycles. The molecule has 0 aromatic rings. The van der Waals surface area contributed by atoms with Gasteiger partial charge in [-0.05, 0) is 46.0 Å². The highest BCUT2D eigenvalue weighted by molar-refractivity contribution is 5.87. The normalized spacial score (nSPS) is 30.0. The number of carbonyl (C=O) groups is 3. The predicted octanol–water partition coefficient (Wildman–Crippen LogP) is 1.04. The summed E-state index contributed by atoms with van der Waals surface area (Å²) in [6.07, 6.45) is 3.32. The first-order valence-corrected chi connectivity index (χ1v) is 15.3. The number of allylic oxidation sites excluding steroid dienone is 1. The van der Waals surface area contributed by atoms with Crippen molar-refractivity contribution >= 4 is 17.9 Å². The van der Waals surface area contributed by atoms with Gasteiger partial charge in [0.2, 0.25) is 11.8 Å². The SMILES string of the molecule is COC1C(OC(=O)NCCOCCOCCNC(=O)CNC(=O)[C@@H](N)C(C)C)CC[C@]2(CO2)C1C1(C)O[C@@H]1CC=C(C)C. The van der Waals surface area contributed by atoms with Gasteiger partial charge >= 0.3 is 6.09 Å². The molecule has 13 heteroatoms. The Hall–Kier alpha value is -2.29. The van der Waals surface area contributed by atoms with Crippen molar-refractivity contribution in [3.8, 4) is 0 Å². The van der Waals surface area contributed by atoms with Crippen LogP contribution in [0.4, 0.5) is 4.79 Å². The average molecular weight is 613 g/mol. The quantitative estimate of drug-likeness (QED) is 0.0994. The van der Waals surface area contributed by atoms with Gasteiger partial charge in [-0.1, -0.05) is 25.5 Å². The second-order valence-electron chi connectivity index (χ2n) is 12.3. The first kappa shape index (κ1) is 35.2. The summed E-state index contributed by atoms with van der Waals surface area (Å²) in [5.41, 5.74) is 6.34. The van der Waals surface area contributed by atoms with Crippen LogP contribution in [-0.2, 0) is 38.0 Å². The second-order valence-corrected chi connectivity index (χ2v) is 12.3. The Labute approximate surface area is 255 Å².